The highest BCUT2D eigenvalue weighted by Gasteiger charge is 2.42. The second kappa shape index (κ2) is 15.5. The van der Waals surface area contributed by atoms with Crippen molar-refractivity contribution in [1.29, 1.82) is 0 Å². The molecule has 0 rings (SSSR count). The summed E-state index contributed by atoms with van der Waals surface area (Å²) >= 11 is 0. The van der Waals surface area contributed by atoms with Crippen LogP contribution in [0.25, 0.3) is 0 Å². The molecule has 1 radical (unpaired) electrons. The molecule has 0 aliphatic rings. The summed E-state index contributed by atoms with van der Waals surface area (Å²) in [6, 6.07) is -4.97. The number of unbranched alkanes of at least 4 members (excludes halogenated alkanes) is 5. The zero-order chi connectivity index (χ0) is 24.0. The fourth-order valence-corrected chi connectivity index (χ4v) is 3.41. The first-order chi connectivity index (χ1) is 14.6. The summed E-state index contributed by atoms with van der Waals surface area (Å²) in [7, 11) is 0. The minimum absolute atomic E-state index is 0.0587. The van der Waals surface area contributed by atoms with Crippen LogP contribution in [0.5, 0.6) is 0 Å². The molecule has 0 spiro atoms. The Bertz CT molecular complexity index is 577. The van der Waals surface area contributed by atoms with Crippen LogP contribution in [-0.4, -0.2) is 72.8 Å². The molecule has 13 nitrogen and oxygen atoms in total. The van der Waals surface area contributed by atoms with Crippen molar-refractivity contribution in [2.75, 3.05) is 0 Å². The zero-order valence-corrected chi connectivity index (χ0v) is 17.6. The lowest BCUT2D eigenvalue weighted by atomic mass is 9.92. The maximum Gasteiger partial charge on any atom is 0.241 e. The Hall–Kier alpha value is -2.25. The lowest BCUT2D eigenvalue weighted by Crippen LogP contribution is -2.46. The molecule has 179 valence electrons. The molecule has 0 aromatic rings. The zero-order valence-electron chi connectivity index (χ0n) is 17.6. The number of aliphatic hydroxyl groups excluding tert-OH is 3. The van der Waals surface area contributed by atoms with E-state index in [4.69, 9.17) is 0 Å². The fourth-order valence-electron chi connectivity index (χ4n) is 3.41. The molecule has 0 aromatic heterocycles. The lowest BCUT2D eigenvalue weighted by molar-refractivity contribution is -0.562. The molecular formula is C18H32N3O10. The molecule has 6 unspecified atom stereocenters. The van der Waals surface area contributed by atoms with E-state index in [0.29, 0.717) is 25.7 Å². The van der Waals surface area contributed by atoms with Gasteiger partial charge in [-0.1, -0.05) is 32.6 Å². The number of aliphatic hydroxyl groups is 3. The van der Waals surface area contributed by atoms with E-state index in [9.17, 15) is 50.5 Å². The minimum atomic E-state index is -1.88. The number of hydrogen-bond donors (Lipinski definition) is 3. The third kappa shape index (κ3) is 11.1. The van der Waals surface area contributed by atoms with Crippen LogP contribution in [0, 0.1) is 30.3 Å². The Morgan fingerprint density at radius 2 is 1.13 bits per heavy atom. The van der Waals surface area contributed by atoms with Gasteiger partial charge < -0.3 is 15.3 Å². The first kappa shape index (κ1) is 28.8. The maximum atomic E-state index is 11.3. The number of nitrogens with zero attached hydrogens (tertiary/aromatic N) is 3. The van der Waals surface area contributed by atoms with Gasteiger partial charge in [-0.2, -0.15) is 0 Å². The highest BCUT2D eigenvalue weighted by Crippen LogP contribution is 2.20. The molecule has 31 heavy (non-hydrogen) atoms. The summed E-state index contributed by atoms with van der Waals surface area (Å²) in [4.78, 5) is 41.2. The molecule has 0 amide bonds. The van der Waals surface area contributed by atoms with Crippen molar-refractivity contribution in [3.8, 4) is 0 Å². The molecule has 0 heterocycles. The largest absolute Gasteiger partial charge is 0.386 e. The molecule has 0 aliphatic carbocycles. The van der Waals surface area contributed by atoms with Gasteiger partial charge in [0.15, 0.2) is 6.29 Å². The number of rotatable bonds is 19. The summed E-state index contributed by atoms with van der Waals surface area (Å²) in [5.41, 5.74) is 0. The summed E-state index contributed by atoms with van der Waals surface area (Å²) in [6.07, 6.45) is -0.998. The molecule has 0 aliphatic heterocycles. The average molecular weight is 450 g/mol. The minimum Gasteiger partial charge on any atom is -0.386 e. The van der Waals surface area contributed by atoms with Crippen LogP contribution >= 0.6 is 0 Å². The fraction of sp³-hybridized carbons (Fsp3) is 0.944. The maximum absolute atomic E-state index is 11.3. The van der Waals surface area contributed by atoms with E-state index in [2.05, 4.69) is 0 Å². The van der Waals surface area contributed by atoms with Gasteiger partial charge in [0.1, 0.15) is 18.3 Å². The highest BCUT2D eigenvalue weighted by atomic mass is 16.6. The Labute approximate surface area is 179 Å². The van der Waals surface area contributed by atoms with Crippen LogP contribution < -0.4 is 0 Å². The Kier molecular flexibility index (Phi) is 14.4. The van der Waals surface area contributed by atoms with Gasteiger partial charge in [0.25, 0.3) is 0 Å². The van der Waals surface area contributed by atoms with Crippen LogP contribution in [0.2, 0.25) is 0 Å². The third-order valence-corrected chi connectivity index (χ3v) is 5.31. The van der Waals surface area contributed by atoms with E-state index in [-0.39, 0.29) is 12.8 Å². The molecule has 0 saturated heterocycles. The topological polar surface area (TPSA) is 207 Å². The normalized spacial score (nSPS) is 17.2. The van der Waals surface area contributed by atoms with Crippen molar-refractivity contribution < 1.29 is 34.9 Å². The molecule has 0 bridgehead atoms. The van der Waals surface area contributed by atoms with E-state index in [1.54, 1.807) is 6.29 Å². The van der Waals surface area contributed by atoms with Crippen molar-refractivity contribution in [3.63, 3.8) is 0 Å². The second-order valence-corrected chi connectivity index (χ2v) is 7.59. The van der Waals surface area contributed by atoms with E-state index in [1.807, 2.05) is 0 Å². The van der Waals surface area contributed by atoms with Gasteiger partial charge in [-0.25, -0.2) is 0 Å². The molecular weight excluding hydrogens is 418 g/mol. The van der Waals surface area contributed by atoms with E-state index < -0.39 is 64.0 Å². The van der Waals surface area contributed by atoms with Crippen LogP contribution in [0.1, 0.15) is 71.1 Å². The molecule has 0 fully saturated rings. The quantitative estimate of drug-likeness (QED) is 0.145. The van der Waals surface area contributed by atoms with Crippen molar-refractivity contribution in [2.45, 2.75) is 108 Å². The molecule has 6 atom stereocenters. The van der Waals surface area contributed by atoms with Crippen molar-refractivity contribution >= 4 is 6.29 Å². The number of carbonyl (C=O) groups excluding carboxylic acids is 1. The van der Waals surface area contributed by atoms with E-state index >= 15 is 0 Å². The Morgan fingerprint density at radius 1 is 0.710 bits per heavy atom. The molecule has 0 aromatic carbocycles. The van der Waals surface area contributed by atoms with Crippen LogP contribution in [0.15, 0.2) is 0 Å². The van der Waals surface area contributed by atoms with Crippen molar-refractivity contribution in [3.05, 3.63) is 30.3 Å². The predicted molar refractivity (Wildman–Crippen MR) is 108 cm³/mol. The monoisotopic (exact) mass is 450 g/mol. The molecule has 0 saturated carbocycles. The van der Waals surface area contributed by atoms with Gasteiger partial charge in [0.2, 0.25) is 18.1 Å². The van der Waals surface area contributed by atoms with Gasteiger partial charge in [-0.3, -0.25) is 35.1 Å². The van der Waals surface area contributed by atoms with Crippen LogP contribution in [-0.2, 0) is 4.79 Å². The first-order valence-electron chi connectivity index (χ1n) is 10.4. The Morgan fingerprint density at radius 3 is 1.58 bits per heavy atom. The first-order valence-corrected chi connectivity index (χ1v) is 10.4. The SMILES string of the molecule is CCC(C(O)CC(C(O)CC(C(O)CCCCCCC[C]=O)[N+](=O)[O-])[N+](=O)[O-])[N+](=O)[O-]. The third-order valence-electron chi connectivity index (χ3n) is 5.31. The summed E-state index contributed by atoms with van der Waals surface area (Å²) < 4.78 is 0. The standard InChI is InChI=1S/C18H32N3O10/c1-2-13(19(26)27)17(24)12-15(21(30)31)18(25)11-14(20(28)29)16(23)9-7-5-3-4-6-8-10-22/h13-18,23-25H,2-9,11-12H2,1H3. The summed E-state index contributed by atoms with van der Waals surface area (Å²) in [5, 5.41) is 63.9. The average Bonchev–Trinajstić information content (AvgIpc) is 2.68. The van der Waals surface area contributed by atoms with Gasteiger partial charge in [-0.05, 0) is 12.8 Å². The van der Waals surface area contributed by atoms with E-state index in [0.717, 1.165) is 12.8 Å². The van der Waals surface area contributed by atoms with Crippen LogP contribution in [0.4, 0.5) is 0 Å². The van der Waals surface area contributed by atoms with Gasteiger partial charge >= 0.3 is 0 Å². The predicted octanol–water partition coefficient (Wildman–Crippen LogP) is 1.04. The summed E-state index contributed by atoms with van der Waals surface area (Å²) in [5.74, 6) is 0. The molecule has 13 heteroatoms. The lowest BCUT2D eigenvalue weighted by Gasteiger charge is -2.23. The van der Waals surface area contributed by atoms with Gasteiger partial charge in [0, 0.05) is 27.6 Å². The van der Waals surface area contributed by atoms with Crippen LogP contribution in [0.3, 0.4) is 0 Å². The number of hydrogen-bond acceptors (Lipinski definition) is 10. The second-order valence-electron chi connectivity index (χ2n) is 7.59. The van der Waals surface area contributed by atoms with Crippen molar-refractivity contribution in [1.82, 2.24) is 0 Å². The number of nitro groups is 3. The summed E-state index contributed by atoms with van der Waals surface area (Å²) in [6.45, 7) is 1.42. The van der Waals surface area contributed by atoms with E-state index in [1.165, 1.54) is 6.92 Å². The van der Waals surface area contributed by atoms with Gasteiger partial charge in [0.05, 0.1) is 12.8 Å². The van der Waals surface area contributed by atoms with Gasteiger partial charge in [-0.15, -0.1) is 0 Å². The van der Waals surface area contributed by atoms with Crippen molar-refractivity contribution in [2.24, 2.45) is 0 Å². The highest BCUT2D eigenvalue weighted by molar-refractivity contribution is 5.50. The Balaban J connectivity index is 4.87. The smallest absolute Gasteiger partial charge is 0.241 e. The molecule has 3 N–H and O–H groups in total.